The number of nitrogens with one attached hydrogen (secondary N) is 1. The molecule has 8 rings (SSSR count). The van der Waals surface area contributed by atoms with Crippen LogP contribution in [0.3, 0.4) is 0 Å². The van der Waals surface area contributed by atoms with Gasteiger partial charge in [0.25, 0.3) is 0 Å². The number of aliphatic hydroxyl groups is 2. The number of fused-ring (bicyclic) bond motifs is 4. The molecule has 0 saturated heterocycles. The van der Waals surface area contributed by atoms with Crippen LogP contribution >= 0.6 is 21.6 Å². The summed E-state index contributed by atoms with van der Waals surface area (Å²) in [5.74, 6) is 1.40. The molecular formula is C36H42N4O7S2. The van der Waals surface area contributed by atoms with Crippen molar-refractivity contribution in [3.8, 4) is 11.5 Å². The molecule has 2 bridgehead atoms. The van der Waals surface area contributed by atoms with Gasteiger partial charge in [-0.25, -0.2) is 4.99 Å². The highest BCUT2D eigenvalue weighted by Crippen LogP contribution is 2.58. The average Bonchev–Trinajstić information content (AvgIpc) is 3.72. The Hall–Kier alpha value is -3.36. The van der Waals surface area contributed by atoms with Crippen LogP contribution in [0.2, 0.25) is 0 Å². The van der Waals surface area contributed by atoms with Gasteiger partial charge in [-0.1, -0.05) is 39.8 Å². The van der Waals surface area contributed by atoms with E-state index in [0.29, 0.717) is 51.6 Å². The van der Waals surface area contributed by atoms with Crippen LogP contribution in [-0.4, -0.2) is 51.0 Å². The minimum Gasteiger partial charge on any atom is -0.489 e. The van der Waals surface area contributed by atoms with E-state index in [1.54, 1.807) is 39.8 Å². The molecule has 3 heterocycles. The Morgan fingerprint density at radius 2 is 1.86 bits per heavy atom. The summed E-state index contributed by atoms with van der Waals surface area (Å²) in [6.07, 6.45) is 9.16. The lowest BCUT2D eigenvalue weighted by atomic mass is 9.74. The number of benzene rings is 2. The molecule has 0 unspecified atom stereocenters. The monoisotopic (exact) mass is 706 g/mol. The smallest absolute Gasteiger partial charge is 0.201 e. The number of nitrogens with two attached hydrogens (primary N) is 2. The van der Waals surface area contributed by atoms with Gasteiger partial charge in [0.05, 0.1) is 29.0 Å². The summed E-state index contributed by atoms with van der Waals surface area (Å²) in [7, 11) is 3.16. The first-order chi connectivity index (χ1) is 23.6. The van der Waals surface area contributed by atoms with Crippen molar-refractivity contribution < 1.29 is 29.3 Å². The van der Waals surface area contributed by atoms with Gasteiger partial charge in [0.1, 0.15) is 39.9 Å². The molecule has 2 aromatic carbocycles. The Morgan fingerprint density at radius 1 is 1.08 bits per heavy atom. The highest BCUT2D eigenvalue weighted by Gasteiger charge is 2.52. The lowest BCUT2D eigenvalue weighted by Crippen LogP contribution is -2.47. The summed E-state index contributed by atoms with van der Waals surface area (Å²) in [4.78, 5) is 19.8. The maximum atomic E-state index is 15.4. The number of anilines is 1. The topological polar surface area (TPSA) is 186 Å². The maximum Gasteiger partial charge on any atom is 0.201 e. The zero-order chi connectivity index (χ0) is 34.1. The standard InChI is InChI=1S/C36H42N4O7S2/c1-35(42)13-4-7-23-26-29(46-32(23)35)24-17-49-48-16-20(39-34(37)38)15-36(43)14-12-22(18-8-10-19(40-44)11-9-18)25-28(41)27(30(24)47-33(25)36)31(26)45-21-5-2-3-6-21/h8-12,14,20-23,32,40,42-44H,2-7,13,15-17H2,1H3,(H4,37,38,39)/t20-,22+,23+,32+,35+,36-/m1/s1. The lowest BCUT2D eigenvalue weighted by molar-refractivity contribution is -0.0727. The summed E-state index contributed by atoms with van der Waals surface area (Å²) in [5.41, 5.74) is 14.3. The van der Waals surface area contributed by atoms with Crippen LogP contribution in [0.4, 0.5) is 5.69 Å². The summed E-state index contributed by atoms with van der Waals surface area (Å²) in [5, 5.41) is 33.9. The highest BCUT2D eigenvalue weighted by atomic mass is 33.1. The Balaban J connectivity index is 1.43. The molecule has 11 nitrogen and oxygen atoms in total. The molecule has 0 amide bonds. The van der Waals surface area contributed by atoms with E-state index in [1.807, 2.05) is 25.1 Å². The van der Waals surface area contributed by atoms with Gasteiger partial charge in [0, 0.05) is 40.9 Å². The van der Waals surface area contributed by atoms with Crippen molar-refractivity contribution >= 4 is 44.2 Å². The van der Waals surface area contributed by atoms with E-state index >= 15 is 4.79 Å². The Kier molecular flexibility index (Phi) is 8.34. The van der Waals surface area contributed by atoms with Crippen molar-refractivity contribution in [3.05, 3.63) is 74.7 Å². The van der Waals surface area contributed by atoms with Crippen molar-refractivity contribution in [1.82, 2.24) is 0 Å². The number of hydrogen-bond donors (Lipinski definition) is 6. The highest BCUT2D eigenvalue weighted by molar-refractivity contribution is 8.76. The number of aliphatic imine (C=N–C) groups is 1. The van der Waals surface area contributed by atoms with Gasteiger partial charge in [0.15, 0.2) is 5.96 Å². The molecule has 49 heavy (non-hydrogen) atoms. The van der Waals surface area contributed by atoms with Gasteiger partial charge in [-0.3, -0.25) is 15.5 Å². The van der Waals surface area contributed by atoms with Crippen LogP contribution in [0.1, 0.15) is 98.1 Å². The number of rotatable bonds is 5. The molecule has 3 aromatic rings. The molecule has 5 aliphatic rings. The summed E-state index contributed by atoms with van der Waals surface area (Å²) in [6.45, 7) is 1.83. The minimum absolute atomic E-state index is 0.0600. The number of guanidine groups is 1. The fourth-order valence-corrected chi connectivity index (χ4v) is 10.9. The van der Waals surface area contributed by atoms with Gasteiger partial charge in [-0.2, -0.15) is 0 Å². The van der Waals surface area contributed by atoms with E-state index in [9.17, 15) is 15.4 Å². The van der Waals surface area contributed by atoms with Gasteiger partial charge in [-0.05, 0) is 75.6 Å². The second-order valence-corrected chi connectivity index (χ2v) is 16.8. The van der Waals surface area contributed by atoms with Crippen LogP contribution < -0.4 is 31.8 Å². The molecule has 13 heteroatoms. The molecule has 1 aromatic heterocycles. The van der Waals surface area contributed by atoms with E-state index in [1.165, 1.54) is 0 Å². The molecular weight excluding hydrogens is 665 g/mol. The van der Waals surface area contributed by atoms with Crippen LogP contribution in [0.15, 0.2) is 50.6 Å². The van der Waals surface area contributed by atoms with Gasteiger partial charge in [0.2, 0.25) is 5.43 Å². The molecule has 3 aliphatic carbocycles. The lowest BCUT2D eigenvalue weighted by Gasteiger charge is -2.37. The first kappa shape index (κ1) is 32.8. The normalized spacial score (nSPS) is 30.7. The second kappa shape index (κ2) is 12.4. The van der Waals surface area contributed by atoms with Crippen LogP contribution in [0, 0.1) is 0 Å². The van der Waals surface area contributed by atoms with Crippen molar-refractivity contribution in [2.45, 2.75) is 105 Å². The molecule has 2 aliphatic heterocycles. The van der Waals surface area contributed by atoms with E-state index < -0.39 is 29.3 Å². The third-order valence-corrected chi connectivity index (χ3v) is 13.2. The average molecular weight is 707 g/mol. The number of nitrogens with zero attached hydrogens (tertiary/aromatic N) is 1. The summed E-state index contributed by atoms with van der Waals surface area (Å²) >= 11 is 0. The third kappa shape index (κ3) is 5.58. The Morgan fingerprint density at radius 3 is 2.59 bits per heavy atom. The zero-order valence-corrected chi connectivity index (χ0v) is 28.9. The van der Waals surface area contributed by atoms with E-state index in [4.69, 9.17) is 25.4 Å². The number of hydrogen-bond acceptors (Lipinski definition) is 11. The molecule has 0 radical (unpaired) electrons. The van der Waals surface area contributed by atoms with Crippen molar-refractivity contribution in [3.63, 3.8) is 0 Å². The largest absolute Gasteiger partial charge is 0.489 e. The fourth-order valence-electron chi connectivity index (χ4n) is 8.58. The molecule has 260 valence electrons. The third-order valence-electron chi connectivity index (χ3n) is 10.9. The van der Waals surface area contributed by atoms with E-state index in [2.05, 4.69) is 10.5 Å². The molecule has 2 fully saturated rings. The van der Waals surface area contributed by atoms with Crippen LogP contribution in [-0.2, 0) is 11.4 Å². The molecule has 8 N–H and O–H groups in total. The predicted molar refractivity (Wildman–Crippen MR) is 192 cm³/mol. The van der Waals surface area contributed by atoms with Crippen LogP contribution in [0.5, 0.6) is 11.5 Å². The molecule has 2 saturated carbocycles. The Bertz CT molecular complexity index is 1900. The maximum absolute atomic E-state index is 15.4. The quantitative estimate of drug-likeness (QED) is 0.0644. The van der Waals surface area contributed by atoms with Crippen molar-refractivity contribution in [2.75, 3.05) is 11.2 Å². The first-order valence-electron chi connectivity index (χ1n) is 17.1. The minimum atomic E-state index is -1.70. The SMILES string of the molecule is C[C@]1(O)CCC[C@H]2c3c(c4c5oc6c(c(=O)c5c3OC3CCCC3)[C@H](c3ccc(NO)cc3)C=C[C@@]6(O)C[C@@H](N=C(N)N)CSSC4)O[C@@H]21. The zero-order valence-electron chi connectivity index (χ0n) is 27.3. The Labute approximate surface area is 291 Å². The summed E-state index contributed by atoms with van der Waals surface area (Å²) < 4.78 is 20.6. The first-order valence-corrected chi connectivity index (χ1v) is 19.6. The van der Waals surface area contributed by atoms with Crippen LogP contribution in [0.25, 0.3) is 11.0 Å². The molecule has 6 atom stereocenters. The van der Waals surface area contributed by atoms with Crippen molar-refractivity contribution in [2.24, 2.45) is 16.5 Å². The second-order valence-electron chi connectivity index (χ2n) is 14.3. The van der Waals surface area contributed by atoms with Gasteiger partial charge < -0.3 is 35.6 Å². The van der Waals surface area contributed by atoms with Crippen molar-refractivity contribution in [1.29, 1.82) is 0 Å². The van der Waals surface area contributed by atoms with Gasteiger partial charge >= 0.3 is 0 Å². The summed E-state index contributed by atoms with van der Waals surface area (Å²) in [6, 6.07) is 6.65. The predicted octanol–water partition coefficient (Wildman–Crippen LogP) is 5.51. The van der Waals surface area contributed by atoms with Gasteiger partial charge in [-0.15, -0.1) is 0 Å². The molecule has 0 spiro atoms. The fraction of sp³-hybridized carbons (Fsp3) is 0.500. The van der Waals surface area contributed by atoms with E-state index in [0.717, 1.165) is 55.2 Å². The number of ether oxygens (including phenoxy) is 2. The van der Waals surface area contributed by atoms with E-state index in [-0.39, 0.29) is 35.6 Å². The number of allylic oxidation sites excluding steroid dienone is 1.